The summed E-state index contributed by atoms with van der Waals surface area (Å²) in [5.74, 6) is 0. The molecule has 0 radical (unpaired) electrons. The summed E-state index contributed by atoms with van der Waals surface area (Å²) in [5.41, 5.74) is 2.16. The topological polar surface area (TPSA) is 29.4 Å². The first kappa shape index (κ1) is 14.6. The van der Waals surface area contributed by atoms with Gasteiger partial charge in [0.1, 0.15) is 5.04 Å². The molecule has 1 aliphatic heterocycles. The summed E-state index contributed by atoms with van der Waals surface area (Å²) in [7, 11) is 0. The highest BCUT2D eigenvalue weighted by Gasteiger charge is 2.19. The third-order valence-corrected chi connectivity index (χ3v) is 4.49. The summed E-state index contributed by atoms with van der Waals surface area (Å²) >= 11 is 7.47. The van der Waals surface area contributed by atoms with Crippen LogP contribution in [0.15, 0.2) is 23.2 Å². The molecule has 4 heteroatoms. The van der Waals surface area contributed by atoms with E-state index in [0.29, 0.717) is 6.42 Å². The molecule has 1 aromatic carbocycles. The Kier molecular flexibility index (Phi) is 5.46. The zero-order chi connectivity index (χ0) is 13.7. The van der Waals surface area contributed by atoms with Gasteiger partial charge < -0.3 is 0 Å². The molecule has 0 unspecified atom stereocenters. The van der Waals surface area contributed by atoms with Crippen LogP contribution in [-0.4, -0.2) is 16.7 Å². The summed E-state index contributed by atoms with van der Waals surface area (Å²) in [4.78, 5) is 16.4. The van der Waals surface area contributed by atoms with Crippen LogP contribution in [0.25, 0.3) is 0 Å². The van der Waals surface area contributed by atoms with Crippen molar-refractivity contribution in [2.75, 3.05) is 6.54 Å². The SMILES string of the molecule is CCCCCC(=O)SC1=NCCc2c(Cl)cccc21. The molecule has 0 amide bonds. The molecule has 2 nitrogen and oxygen atoms in total. The smallest absolute Gasteiger partial charge is 0.195 e. The average Bonchev–Trinajstić information content (AvgIpc) is 2.40. The number of hydrogen-bond acceptors (Lipinski definition) is 3. The molecular formula is C15H18ClNOS. The number of halogens is 1. The van der Waals surface area contributed by atoms with Crippen molar-refractivity contribution in [3.63, 3.8) is 0 Å². The summed E-state index contributed by atoms with van der Waals surface area (Å²) in [6, 6.07) is 5.83. The molecule has 102 valence electrons. The van der Waals surface area contributed by atoms with E-state index in [2.05, 4.69) is 11.9 Å². The Morgan fingerprint density at radius 3 is 3.05 bits per heavy atom. The molecule has 0 fully saturated rings. The highest BCUT2D eigenvalue weighted by molar-refractivity contribution is 8.26. The number of fused-ring (bicyclic) bond motifs is 1. The third kappa shape index (κ3) is 3.83. The Morgan fingerprint density at radius 2 is 2.26 bits per heavy atom. The van der Waals surface area contributed by atoms with E-state index in [9.17, 15) is 4.79 Å². The predicted molar refractivity (Wildman–Crippen MR) is 83.3 cm³/mol. The molecule has 2 rings (SSSR count). The van der Waals surface area contributed by atoms with Gasteiger partial charge in [-0.1, -0.05) is 43.5 Å². The minimum atomic E-state index is 0.208. The number of carbonyl (C=O) groups excluding carboxylic acids is 1. The van der Waals surface area contributed by atoms with Crippen LogP contribution in [0, 0.1) is 0 Å². The van der Waals surface area contributed by atoms with Gasteiger partial charge in [-0.05, 0) is 36.2 Å². The molecule has 0 saturated heterocycles. The van der Waals surface area contributed by atoms with E-state index in [1.807, 2.05) is 18.2 Å². The Bertz CT molecular complexity index is 499. The first-order chi connectivity index (χ1) is 9.22. The van der Waals surface area contributed by atoms with Gasteiger partial charge in [-0.15, -0.1) is 0 Å². The van der Waals surface area contributed by atoms with Crippen LogP contribution >= 0.6 is 23.4 Å². The van der Waals surface area contributed by atoms with Crippen molar-refractivity contribution in [2.45, 2.75) is 39.0 Å². The minimum Gasteiger partial charge on any atom is -0.287 e. The fourth-order valence-electron chi connectivity index (χ4n) is 2.13. The van der Waals surface area contributed by atoms with Crippen molar-refractivity contribution in [3.8, 4) is 0 Å². The maximum atomic E-state index is 11.9. The molecule has 0 spiro atoms. The first-order valence-corrected chi connectivity index (χ1v) is 7.94. The summed E-state index contributed by atoms with van der Waals surface area (Å²) in [6.45, 7) is 2.86. The molecule has 1 heterocycles. The van der Waals surface area contributed by atoms with E-state index < -0.39 is 0 Å². The lowest BCUT2D eigenvalue weighted by Crippen LogP contribution is -2.12. The standard InChI is InChI=1S/C15H18ClNOS/c1-2-3-4-8-14(18)19-15-12-6-5-7-13(16)11(12)9-10-17-15/h5-7H,2-4,8-10H2,1H3. The molecule has 0 aromatic heterocycles. The zero-order valence-electron chi connectivity index (χ0n) is 11.1. The quantitative estimate of drug-likeness (QED) is 0.766. The minimum absolute atomic E-state index is 0.208. The van der Waals surface area contributed by atoms with Crippen molar-refractivity contribution >= 4 is 33.5 Å². The molecule has 0 aliphatic carbocycles. The number of thioether (sulfide) groups is 1. The van der Waals surface area contributed by atoms with Gasteiger partial charge in [0, 0.05) is 23.6 Å². The van der Waals surface area contributed by atoms with Crippen molar-refractivity contribution in [1.29, 1.82) is 0 Å². The van der Waals surface area contributed by atoms with E-state index in [1.165, 1.54) is 11.8 Å². The monoisotopic (exact) mass is 295 g/mol. The van der Waals surface area contributed by atoms with Gasteiger partial charge in [0.25, 0.3) is 0 Å². The predicted octanol–water partition coefficient (Wildman–Crippen LogP) is 4.48. The summed E-state index contributed by atoms with van der Waals surface area (Å²) in [6.07, 6.45) is 4.72. The van der Waals surface area contributed by atoms with Crippen LogP contribution in [0.4, 0.5) is 0 Å². The van der Waals surface area contributed by atoms with Crippen LogP contribution < -0.4 is 0 Å². The number of rotatable bonds is 4. The van der Waals surface area contributed by atoms with Crippen molar-refractivity contribution < 1.29 is 4.79 Å². The Hall–Kier alpha value is -0.800. The third-order valence-electron chi connectivity index (χ3n) is 3.16. The van der Waals surface area contributed by atoms with Crippen molar-refractivity contribution in [2.24, 2.45) is 4.99 Å². The average molecular weight is 296 g/mol. The largest absolute Gasteiger partial charge is 0.287 e. The maximum Gasteiger partial charge on any atom is 0.195 e. The van der Waals surface area contributed by atoms with Crippen LogP contribution in [-0.2, 0) is 11.2 Å². The number of unbranched alkanes of at least 4 members (excludes halogenated alkanes) is 2. The second-order valence-electron chi connectivity index (χ2n) is 4.63. The van der Waals surface area contributed by atoms with Crippen LogP contribution in [0.3, 0.4) is 0 Å². The van der Waals surface area contributed by atoms with Gasteiger partial charge >= 0.3 is 0 Å². The van der Waals surface area contributed by atoms with Gasteiger partial charge in [-0.2, -0.15) is 0 Å². The number of benzene rings is 1. The molecule has 1 aromatic rings. The second-order valence-corrected chi connectivity index (χ2v) is 6.09. The van der Waals surface area contributed by atoms with Crippen LogP contribution in [0.1, 0.15) is 43.7 Å². The number of aliphatic imine (C=N–C) groups is 1. The van der Waals surface area contributed by atoms with Crippen LogP contribution in [0.5, 0.6) is 0 Å². The van der Waals surface area contributed by atoms with Gasteiger partial charge in [0.05, 0.1) is 0 Å². The Morgan fingerprint density at radius 1 is 1.42 bits per heavy atom. The van der Waals surface area contributed by atoms with Crippen molar-refractivity contribution in [3.05, 3.63) is 34.3 Å². The van der Waals surface area contributed by atoms with Gasteiger partial charge in [0.2, 0.25) is 0 Å². The van der Waals surface area contributed by atoms with E-state index >= 15 is 0 Å². The fourth-order valence-corrected chi connectivity index (χ4v) is 3.32. The summed E-state index contributed by atoms with van der Waals surface area (Å²) < 4.78 is 0. The van der Waals surface area contributed by atoms with E-state index in [-0.39, 0.29) is 5.12 Å². The van der Waals surface area contributed by atoms with E-state index in [1.54, 1.807) is 0 Å². The van der Waals surface area contributed by atoms with Gasteiger partial charge in [-0.25, -0.2) is 0 Å². The molecular weight excluding hydrogens is 278 g/mol. The first-order valence-electron chi connectivity index (χ1n) is 6.75. The summed E-state index contributed by atoms with van der Waals surface area (Å²) in [5, 5.41) is 1.83. The molecule has 0 N–H and O–H groups in total. The molecule has 0 atom stereocenters. The van der Waals surface area contributed by atoms with Crippen molar-refractivity contribution in [1.82, 2.24) is 0 Å². The van der Waals surface area contributed by atoms with Gasteiger partial charge in [-0.3, -0.25) is 9.79 Å². The van der Waals surface area contributed by atoms with E-state index in [4.69, 9.17) is 11.6 Å². The van der Waals surface area contributed by atoms with E-state index in [0.717, 1.165) is 53.4 Å². The lowest BCUT2D eigenvalue weighted by atomic mass is 10.0. The molecule has 19 heavy (non-hydrogen) atoms. The molecule has 0 saturated carbocycles. The molecule has 0 bridgehead atoms. The number of nitrogens with zero attached hydrogens (tertiary/aromatic N) is 1. The Balaban J connectivity index is 2.04. The number of carbonyl (C=O) groups is 1. The lowest BCUT2D eigenvalue weighted by Gasteiger charge is -2.16. The molecule has 1 aliphatic rings. The fraction of sp³-hybridized carbons (Fsp3) is 0.467. The lowest BCUT2D eigenvalue weighted by molar-refractivity contribution is -0.111. The van der Waals surface area contributed by atoms with Crippen LogP contribution in [0.2, 0.25) is 5.02 Å². The highest BCUT2D eigenvalue weighted by Crippen LogP contribution is 2.29. The second kappa shape index (κ2) is 7.11. The Labute approximate surface area is 123 Å². The number of hydrogen-bond donors (Lipinski definition) is 0. The maximum absolute atomic E-state index is 11.9. The normalized spacial score (nSPS) is 13.9. The highest BCUT2D eigenvalue weighted by atomic mass is 35.5. The van der Waals surface area contributed by atoms with Gasteiger partial charge in [0.15, 0.2) is 5.12 Å². The zero-order valence-corrected chi connectivity index (χ0v) is 12.7.